The van der Waals surface area contributed by atoms with Crippen LogP contribution in [-0.4, -0.2) is 39.6 Å². The van der Waals surface area contributed by atoms with Gasteiger partial charge >= 0.3 is 0 Å². The summed E-state index contributed by atoms with van der Waals surface area (Å²) in [4.78, 5) is 5.21. The Bertz CT molecular complexity index is 991. The van der Waals surface area contributed by atoms with Gasteiger partial charge in [-0.1, -0.05) is 0 Å². The van der Waals surface area contributed by atoms with E-state index in [1.165, 1.54) is 21.7 Å². The second kappa shape index (κ2) is 6.65. The van der Waals surface area contributed by atoms with Crippen molar-refractivity contribution in [2.45, 2.75) is 0 Å². The molecule has 14 heteroatoms. The number of rotatable bonds is 2. The summed E-state index contributed by atoms with van der Waals surface area (Å²) in [5, 5.41) is 29.2. The maximum atomic E-state index is 8.12. The van der Waals surface area contributed by atoms with Crippen molar-refractivity contribution in [2.75, 3.05) is 0 Å². The van der Waals surface area contributed by atoms with Gasteiger partial charge in [0.05, 0.1) is 0 Å². The van der Waals surface area contributed by atoms with Crippen LogP contribution >= 0.6 is 0 Å². The Morgan fingerprint density at radius 1 is 0.750 bits per heavy atom. The van der Waals surface area contributed by atoms with Gasteiger partial charge in [-0.3, -0.25) is 0 Å². The molecule has 0 amide bonds. The van der Waals surface area contributed by atoms with Gasteiger partial charge in [-0.15, -0.1) is 20.4 Å². The highest BCUT2D eigenvalue weighted by Gasteiger charge is 1.96. The molecule has 4 aromatic rings. The van der Waals surface area contributed by atoms with Crippen LogP contribution in [0, 0.1) is 0 Å². The molecule has 0 aliphatic rings. The van der Waals surface area contributed by atoms with Crippen molar-refractivity contribution in [1.29, 1.82) is 0 Å². The Labute approximate surface area is 131 Å². The van der Waals surface area contributed by atoms with Gasteiger partial charge in [0, 0.05) is 9.82 Å². The second-order valence-corrected chi connectivity index (χ2v) is 4.03. The minimum Gasteiger partial charge on any atom is -0.200 e. The third-order valence-corrected chi connectivity index (χ3v) is 2.59. The first-order chi connectivity index (χ1) is 11.8. The van der Waals surface area contributed by atoms with Crippen molar-refractivity contribution in [2.24, 2.45) is 10.2 Å². The van der Waals surface area contributed by atoms with Crippen LogP contribution in [-0.2, 0) is 0 Å². The van der Waals surface area contributed by atoms with Crippen molar-refractivity contribution < 1.29 is 0 Å². The molecule has 4 rings (SSSR count). The second-order valence-electron chi connectivity index (χ2n) is 4.03. The summed E-state index contributed by atoms with van der Waals surface area (Å²) in [5.74, 6) is 0.592. The lowest BCUT2D eigenvalue weighted by molar-refractivity contribution is 0.923. The molecule has 14 nitrogen and oxygen atoms in total. The first-order valence-electron chi connectivity index (χ1n) is 6.24. The molecule has 0 atom stereocenters. The molecule has 24 heavy (non-hydrogen) atoms. The van der Waals surface area contributed by atoms with Gasteiger partial charge in [-0.25, -0.2) is 9.03 Å². The smallest absolute Gasteiger partial charge is 0.177 e. The fourth-order valence-corrected chi connectivity index (χ4v) is 1.64. The number of fused-ring (bicyclic) bond motifs is 2. The van der Waals surface area contributed by atoms with Crippen LogP contribution in [0.5, 0.6) is 0 Å². The maximum Gasteiger partial charge on any atom is 0.177 e. The minimum atomic E-state index is 0.296. The quantitative estimate of drug-likeness (QED) is 0.309. The molecule has 0 unspecified atom stereocenters. The van der Waals surface area contributed by atoms with Crippen LogP contribution in [0.1, 0.15) is 0 Å². The van der Waals surface area contributed by atoms with Gasteiger partial charge in [-0.2, -0.15) is 10.2 Å². The summed E-state index contributed by atoms with van der Waals surface area (Å²) >= 11 is 0. The third-order valence-electron chi connectivity index (χ3n) is 2.59. The van der Waals surface area contributed by atoms with Crippen molar-refractivity contribution in [3.63, 3.8) is 0 Å². The predicted octanol–water partition coefficient (Wildman–Crippen LogP) is 2.13. The number of hydrogen-bond acceptors (Lipinski definition) is 8. The Balaban J connectivity index is 0.000000141. The molecule has 0 saturated carbocycles. The molecule has 0 bridgehead atoms. The molecule has 0 spiro atoms. The summed E-state index contributed by atoms with van der Waals surface area (Å²) in [6.45, 7) is 0. The standard InChI is InChI=1S/2C5H3N7/c2*6-11-8-4-1-2-5-9-7-3-12(5)10-4/h2*1-3H. The van der Waals surface area contributed by atoms with E-state index in [0.29, 0.717) is 22.9 Å². The fraction of sp³-hybridized carbons (Fsp3) is 0. The van der Waals surface area contributed by atoms with E-state index in [4.69, 9.17) is 11.1 Å². The van der Waals surface area contributed by atoms with E-state index in [0.717, 1.165) is 0 Å². The average Bonchev–Trinajstić information content (AvgIpc) is 3.24. The summed E-state index contributed by atoms with van der Waals surface area (Å²) in [5.41, 5.74) is 17.5. The van der Waals surface area contributed by atoms with Gasteiger partial charge in [0.2, 0.25) is 0 Å². The molecule has 0 N–H and O–H groups in total. The molecule has 0 aliphatic heterocycles. The highest BCUT2D eigenvalue weighted by atomic mass is 15.4. The van der Waals surface area contributed by atoms with Crippen molar-refractivity contribution in [3.8, 4) is 0 Å². The van der Waals surface area contributed by atoms with Crippen molar-refractivity contribution >= 4 is 22.9 Å². The van der Waals surface area contributed by atoms with E-state index in [9.17, 15) is 0 Å². The summed E-state index contributed by atoms with van der Waals surface area (Å²) in [6.07, 6.45) is 2.87. The summed E-state index contributed by atoms with van der Waals surface area (Å²) in [6, 6.07) is 6.49. The number of hydrogen-bond donors (Lipinski definition) is 0. The lowest BCUT2D eigenvalue weighted by Crippen LogP contribution is -1.87. The van der Waals surface area contributed by atoms with E-state index in [-0.39, 0.29) is 0 Å². The SMILES string of the molecule is [N-]=[N+]=Nc1ccc2nncn2n1.[N-]=[N+]=Nc1ccc2nncn2n1. The van der Waals surface area contributed by atoms with Crippen molar-refractivity contribution in [1.82, 2.24) is 39.6 Å². The Morgan fingerprint density at radius 3 is 1.62 bits per heavy atom. The largest absolute Gasteiger partial charge is 0.200 e. The van der Waals surface area contributed by atoms with E-state index < -0.39 is 0 Å². The summed E-state index contributed by atoms with van der Waals surface area (Å²) in [7, 11) is 0. The number of azide groups is 2. The van der Waals surface area contributed by atoms with Crippen LogP contribution in [0.2, 0.25) is 0 Å². The molecular formula is C10H6N14. The molecule has 4 aromatic heterocycles. The van der Waals surface area contributed by atoms with Crippen LogP contribution < -0.4 is 0 Å². The summed E-state index contributed by atoms with van der Waals surface area (Å²) < 4.78 is 2.87. The zero-order valence-corrected chi connectivity index (χ0v) is 11.7. The molecule has 0 fully saturated rings. The van der Waals surface area contributed by atoms with Crippen LogP contribution in [0.25, 0.3) is 32.2 Å². The molecule has 0 radical (unpaired) electrons. The fourth-order valence-electron chi connectivity index (χ4n) is 1.64. The van der Waals surface area contributed by atoms with Gasteiger partial charge in [0.25, 0.3) is 0 Å². The minimum absolute atomic E-state index is 0.296. The lowest BCUT2D eigenvalue weighted by Gasteiger charge is -1.90. The average molecular weight is 322 g/mol. The zero-order valence-electron chi connectivity index (χ0n) is 11.7. The molecular weight excluding hydrogens is 316 g/mol. The Hall–Kier alpha value is -4.28. The maximum absolute atomic E-state index is 8.12. The molecule has 4 heterocycles. The highest BCUT2D eigenvalue weighted by Crippen LogP contribution is 2.08. The predicted molar refractivity (Wildman–Crippen MR) is 79.2 cm³/mol. The molecule has 0 saturated heterocycles. The first kappa shape index (κ1) is 14.6. The van der Waals surface area contributed by atoms with Crippen molar-refractivity contribution in [3.05, 3.63) is 57.8 Å². The molecule has 116 valence electrons. The topological polar surface area (TPSA) is 184 Å². The van der Waals surface area contributed by atoms with Gasteiger partial charge in [0.15, 0.2) is 11.3 Å². The van der Waals surface area contributed by atoms with Gasteiger partial charge in [-0.05, 0) is 45.6 Å². The van der Waals surface area contributed by atoms with Gasteiger partial charge in [0.1, 0.15) is 24.3 Å². The Kier molecular flexibility index (Phi) is 4.06. The van der Waals surface area contributed by atoms with E-state index in [2.05, 4.69) is 50.6 Å². The normalized spacial score (nSPS) is 9.67. The molecule has 0 aromatic carbocycles. The Morgan fingerprint density at radius 2 is 1.21 bits per heavy atom. The zero-order chi connectivity index (χ0) is 16.8. The highest BCUT2D eigenvalue weighted by molar-refractivity contribution is 5.40. The van der Waals surface area contributed by atoms with Crippen LogP contribution in [0.15, 0.2) is 47.1 Å². The van der Waals surface area contributed by atoms with Crippen LogP contribution in [0.4, 0.5) is 11.6 Å². The van der Waals surface area contributed by atoms with E-state index in [1.54, 1.807) is 24.3 Å². The van der Waals surface area contributed by atoms with Gasteiger partial charge < -0.3 is 0 Å². The van der Waals surface area contributed by atoms with Crippen LogP contribution in [0.3, 0.4) is 0 Å². The monoisotopic (exact) mass is 322 g/mol. The van der Waals surface area contributed by atoms with E-state index >= 15 is 0 Å². The van der Waals surface area contributed by atoms with E-state index in [1.807, 2.05) is 0 Å². The molecule has 0 aliphatic carbocycles. The number of aromatic nitrogens is 8. The number of nitrogens with zero attached hydrogens (tertiary/aromatic N) is 14. The lowest BCUT2D eigenvalue weighted by atomic mass is 10.5. The third kappa shape index (κ3) is 3.14. The first-order valence-corrected chi connectivity index (χ1v) is 6.24.